The molecule has 0 bridgehead atoms. The molecule has 0 spiro atoms. The van der Waals surface area contributed by atoms with E-state index < -0.39 is 0 Å². The molecule has 1 aromatic carbocycles. The molecule has 2 nitrogen and oxygen atoms in total. The van der Waals surface area contributed by atoms with E-state index in [4.69, 9.17) is 4.74 Å². The molecule has 1 rings (SSSR count). The van der Waals surface area contributed by atoms with Crippen LogP contribution >= 0.6 is 0 Å². The van der Waals surface area contributed by atoms with Gasteiger partial charge in [0.05, 0.1) is 0 Å². The van der Waals surface area contributed by atoms with Gasteiger partial charge in [0, 0.05) is 19.3 Å². The number of nitrogens with one attached hydrogen (secondary N) is 1. The zero-order valence-corrected chi connectivity index (χ0v) is 10.4. The highest BCUT2D eigenvalue weighted by Gasteiger charge is 2.09. The lowest BCUT2D eigenvalue weighted by Gasteiger charge is -2.18. The summed E-state index contributed by atoms with van der Waals surface area (Å²) in [7, 11) is 0. The lowest BCUT2D eigenvalue weighted by Crippen LogP contribution is -2.23. The Morgan fingerprint density at radius 1 is 1.19 bits per heavy atom. The Kier molecular flexibility index (Phi) is 6.86. The third-order valence-electron chi connectivity index (χ3n) is 2.60. The van der Waals surface area contributed by atoms with E-state index in [1.807, 2.05) is 6.92 Å². The van der Waals surface area contributed by atoms with E-state index in [0.717, 1.165) is 32.6 Å². The maximum atomic E-state index is 5.43. The van der Waals surface area contributed by atoms with E-state index in [1.54, 1.807) is 0 Å². The Bertz CT molecular complexity index is 261. The van der Waals surface area contributed by atoms with E-state index in [9.17, 15) is 0 Å². The van der Waals surface area contributed by atoms with Gasteiger partial charge >= 0.3 is 0 Å². The van der Waals surface area contributed by atoms with E-state index >= 15 is 0 Å². The average Bonchev–Trinajstić information content (AvgIpc) is 2.35. The topological polar surface area (TPSA) is 21.3 Å². The van der Waals surface area contributed by atoms with Crippen LogP contribution in [-0.2, 0) is 4.74 Å². The number of hydrogen-bond acceptors (Lipinski definition) is 2. The minimum absolute atomic E-state index is 0.424. The van der Waals surface area contributed by atoms with Crippen molar-refractivity contribution in [3.63, 3.8) is 0 Å². The van der Waals surface area contributed by atoms with Gasteiger partial charge in [0.25, 0.3) is 0 Å². The molecule has 1 aromatic rings. The molecule has 0 saturated carbocycles. The van der Waals surface area contributed by atoms with Gasteiger partial charge < -0.3 is 10.1 Å². The Morgan fingerprint density at radius 3 is 2.56 bits per heavy atom. The predicted molar refractivity (Wildman–Crippen MR) is 68.6 cm³/mol. The SMILES string of the molecule is CCCNC(CCOCC)c1ccccc1. The van der Waals surface area contributed by atoms with Gasteiger partial charge in [0.2, 0.25) is 0 Å². The molecule has 0 aliphatic rings. The van der Waals surface area contributed by atoms with Gasteiger partial charge in [-0.05, 0) is 31.9 Å². The largest absolute Gasteiger partial charge is 0.382 e. The van der Waals surface area contributed by atoms with Crippen LogP contribution in [0.25, 0.3) is 0 Å². The van der Waals surface area contributed by atoms with E-state index in [2.05, 4.69) is 42.6 Å². The summed E-state index contributed by atoms with van der Waals surface area (Å²) in [6.45, 7) is 6.92. The summed E-state index contributed by atoms with van der Waals surface area (Å²) in [6, 6.07) is 11.0. The zero-order chi connectivity index (χ0) is 11.6. The third kappa shape index (κ3) is 4.77. The van der Waals surface area contributed by atoms with Crippen LogP contribution in [-0.4, -0.2) is 19.8 Å². The normalized spacial score (nSPS) is 12.6. The predicted octanol–water partition coefficient (Wildman–Crippen LogP) is 3.15. The third-order valence-corrected chi connectivity index (χ3v) is 2.60. The fraction of sp³-hybridized carbons (Fsp3) is 0.571. The highest BCUT2D eigenvalue weighted by molar-refractivity contribution is 5.18. The van der Waals surface area contributed by atoms with Crippen molar-refractivity contribution in [1.29, 1.82) is 0 Å². The Labute approximate surface area is 99.0 Å². The molecule has 0 aromatic heterocycles. The van der Waals surface area contributed by atoms with Crippen molar-refractivity contribution in [2.75, 3.05) is 19.8 Å². The molecule has 1 N–H and O–H groups in total. The van der Waals surface area contributed by atoms with Crippen LogP contribution in [0.1, 0.15) is 38.3 Å². The second-order valence-corrected chi connectivity index (χ2v) is 3.90. The minimum atomic E-state index is 0.424. The molecule has 16 heavy (non-hydrogen) atoms. The van der Waals surface area contributed by atoms with Gasteiger partial charge in [0.15, 0.2) is 0 Å². The molecule has 0 radical (unpaired) electrons. The van der Waals surface area contributed by atoms with Gasteiger partial charge in [-0.25, -0.2) is 0 Å². The van der Waals surface area contributed by atoms with Gasteiger partial charge in [-0.15, -0.1) is 0 Å². The van der Waals surface area contributed by atoms with Crippen LogP contribution in [0.4, 0.5) is 0 Å². The monoisotopic (exact) mass is 221 g/mol. The molecule has 0 saturated heterocycles. The van der Waals surface area contributed by atoms with Crippen LogP contribution in [0.2, 0.25) is 0 Å². The van der Waals surface area contributed by atoms with Crippen molar-refractivity contribution in [3.8, 4) is 0 Å². The minimum Gasteiger partial charge on any atom is -0.382 e. The molecule has 0 aliphatic carbocycles. The molecule has 0 heterocycles. The molecular formula is C14H23NO. The van der Waals surface area contributed by atoms with E-state index in [1.165, 1.54) is 5.56 Å². The Hall–Kier alpha value is -0.860. The van der Waals surface area contributed by atoms with Crippen molar-refractivity contribution < 1.29 is 4.74 Å². The quantitative estimate of drug-likeness (QED) is 0.681. The summed E-state index contributed by atoms with van der Waals surface area (Å²) in [5, 5.41) is 3.56. The standard InChI is InChI=1S/C14H23NO/c1-3-11-15-14(10-12-16-4-2)13-8-6-5-7-9-13/h5-9,14-15H,3-4,10-12H2,1-2H3. The highest BCUT2D eigenvalue weighted by atomic mass is 16.5. The average molecular weight is 221 g/mol. The maximum Gasteiger partial charge on any atom is 0.0484 e. The first-order chi connectivity index (χ1) is 7.88. The number of hydrogen-bond donors (Lipinski definition) is 1. The van der Waals surface area contributed by atoms with Gasteiger partial charge in [-0.2, -0.15) is 0 Å². The van der Waals surface area contributed by atoms with Crippen LogP contribution in [0.15, 0.2) is 30.3 Å². The Morgan fingerprint density at radius 2 is 1.94 bits per heavy atom. The molecule has 1 unspecified atom stereocenters. The van der Waals surface area contributed by atoms with Gasteiger partial charge in [-0.3, -0.25) is 0 Å². The second-order valence-electron chi connectivity index (χ2n) is 3.90. The molecule has 2 heteroatoms. The molecular weight excluding hydrogens is 198 g/mol. The summed E-state index contributed by atoms with van der Waals surface area (Å²) in [4.78, 5) is 0. The van der Waals surface area contributed by atoms with Crippen LogP contribution in [0.5, 0.6) is 0 Å². The van der Waals surface area contributed by atoms with Crippen LogP contribution in [0, 0.1) is 0 Å². The lowest BCUT2D eigenvalue weighted by molar-refractivity contribution is 0.136. The van der Waals surface area contributed by atoms with Crippen LogP contribution < -0.4 is 5.32 Å². The Balaban J connectivity index is 2.49. The maximum absolute atomic E-state index is 5.43. The first kappa shape index (κ1) is 13.2. The van der Waals surface area contributed by atoms with Crippen molar-refractivity contribution in [1.82, 2.24) is 5.32 Å². The number of benzene rings is 1. The first-order valence-electron chi connectivity index (χ1n) is 6.24. The molecule has 90 valence electrons. The van der Waals surface area contributed by atoms with E-state index in [0.29, 0.717) is 6.04 Å². The summed E-state index contributed by atoms with van der Waals surface area (Å²) in [5.41, 5.74) is 1.36. The molecule has 0 aliphatic heterocycles. The molecule has 0 amide bonds. The summed E-state index contributed by atoms with van der Waals surface area (Å²) in [5.74, 6) is 0. The highest BCUT2D eigenvalue weighted by Crippen LogP contribution is 2.16. The summed E-state index contributed by atoms with van der Waals surface area (Å²) in [6.07, 6.45) is 2.20. The van der Waals surface area contributed by atoms with Crippen molar-refractivity contribution in [2.45, 2.75) is 32.7 Å². The fourth-order valence-corrected chi connectivity index (χ4v) is 1.74. The smallest absolute Gasteiger partial charge is 0.0484 e. The summed E-state index contributed by atoms with van der Waals surface area (Å²) < 4.78 is 5.43. The van der Waals surface area contributed by atoms with Crippen molar-refractivity contribution in [2.24, 2.45) is 0 Å². The van der Waals surface area contributed by atoms with E-state index in [-0.39, 0.29) is 0 Å². The fourth-order valence-electron chi connectivity index (χ4n) is 1.74. The van der Waals surface area contributed by atoms with Crippen molar-refractivity contribution in [3.05, 3.63) is 35.9 Å². The molecule has 1 atom stereocenters. The number of rotatable bonds is 8. The molecule has 0 fully saturated rings. The lowest BCUT2D eigenvalue weighted by atomic mass is 10.0. The van der Waals surface area contributed by atoms with Gasteiger partial charge in [-0.1, -0.05) is 37.3 Å². The summed E-state index contributed by atoms with van der Waals surface area (Å²) >= 11 is 0. The first-order valence-corrected chi connectivity index (χ1v) is 6.24. The van der Waals surface area contributed by atoms with Crippen LogP contribution in [0.3, 0.4) is 0 Å². The zero-order valence-electron chi connectivity index (χ0n) is 10.4. The number of ether oxygens (including phenoxy) is 1. The van der Waals surface area contributed by atoms with Gasteiger partial charge in [0.1, 0.15) is 0 Å². The second kappa shape index (κ2) is 8.31. The van der Waals surface area contributed by atoms with Crippen molar-refractivity contribution >= 4 is 0 Å².